The lowest BCUT2D eigenvalue weighted by Crippen LogP contribution is -2.43. The van der Waals surface area contributed by atoms with Crippen LogP contribution in [0.15, 0.2) is 30.5 Å². The minimum absolute atomic E-state index is 0.0250. The highest BCUT2D eigenvalue weighted by Gasteiger charge is 2.30. The van der Waals surface area contributed by atoms with Crippen molar-refractivity contribution < 1.29 is 14.6 Å². The molecular formula is C22H28N4O3. The quantitative estimate of drug-likeness (QED) is 0.730. The number of ether oxygens (including phenoxy) is 1. The topological polar surface area (TPSA) is 80.5 Å². The molecule has 1 saturated heterocycles. The van der Waals surface area contributed by atoms with E-state index < -0.39 is 5.60 Å². The number of carbonyl (C=O) groups excluding carboxylic acids is 1. The highest BCUT2D eigenvalue weighted by Crippen LogP contribution is 2.32. The van der Waals surface area contributed by atoms with Gasteiger partial charge in [-0.15, -0.1) is 0 Å². The van der Waals surface area contributed by atoms with Gasteiger partial charge >= 0.3 is 6.09 Å². The molecule has 1 fully saturated rings. The van der Waals surface area contributed by atoms with Crippen LogP contribution in [-0.2, 0) is 11.2 Å². The molecule has 1 atom stereocenters. The highest BCUT2D eigenvalue weighted by molar-refractivity contribution is 6.02. The molecule has 1 N–H and O–H groups in total. The number of pyridine rings is 1. The summed E-state index contributed by atoms with van der Waals surface area (Å²) in [5, 5.41) is 10.6. The van der Waals surface area contributed by atoms with Gasteiger partial charge in [0.05, 0.1) is 29.9 Å². The van der Waals surface area contributed by atoms with E-state index in [1.54, 1.807) is 11.1 Å². The Balaban J connectivity index is 1.76. The molecule has 0 aliphatic carbocycles. The van der Waals surface area contributed by atoms with Gasteiger partial charge in [0, 0.05) is 24.9 Å². The summed E-state index contributed by atoms with van der Waals surface area (Å²) in [6, 6.07) is 8.10. The zero-order valence-electron chi connectivity index (χ0n) is 17.3. The molecule has 0 radical (unpaired) electrons. The van der Waals surface area contributed by atoms with Gasteiger partial charge in [-0.1, -0.05) is 18.2 Å². The number of imidazole rings is 1. The monoisotopic (exact) mass is 396 g/mol. The van der Waals surface area contributed by atoms with Crippen LogP contribution in [0.1, 0.15) is 45.5 Å². The minimum Gasteiger partial charge on any atom is -0.444 e. The lowest BCUT2D eigenvalue weighted by molar-refractivity contribution is 0.0173. The SMILES string of the molecule is CC(C)(C)OC(=O)N1CCC[C@@H](n2c(CCO)nc3cnc4ccccc4c32)C1. The molecule has 4 rings (SSSR count). The third-order valence-corrected chi connectivity index (χ3v) is 5.24. The summed E-state index contributed by atoms with van der Waals surface area (Å²) in [4.78, 5) is 23.7. The molecule has 7 heteroatoms. The van der Waals surface area contributed by atoms with Crippen LogP contribution < -0.4 is 0 Å². The summed E-state index contributed by atoms with van der Waals surface area (Å²) in [5.74, 6) is 0.830. The zero-order valence-corrected chi connectivity index (χ0v) is 17.3. The largest absolute Gasteiger partial charge is 0.444 e. The van der Waals surface area contributed by atoms with Crippen molar-refractivity contribution in [1.82, 2.24) is 19.4 Å². The second-order valence-electron chi connectivity index (χ2n) is 8.60. The number of nitrogens with zero attached hydrogens (tertiary/aromatic N) is 4. The molecule has 1 aromatic carbocycles. The Morgan fingerprint density at radius 3 is 2.83 bits per heavy atom. The van der Waals surface area contributed by atoms with Crippen LogP contribution in [0.5, 0.6) is 0 Å². The molecule has 1 aliphatic heterocycles. The van der Waals surface area contributed by atoms with Crippen molar-refractivity contribution in [2.45, 2.75) is 51.7 Å². The van der Waals surface area contributed by atoms with E-state index in [2.05, 4.69) is 15.6 Å². The van der Waals surface area contributed by atoms with E-state index in [9.17, 15) is 9.90 Å². The maximum absolute atomic E-state index is 12.6. The molecule has 3 aromatic rings. The highest BCUT2D eigenvalue weighted by atomic mass is 16.6. The molecule has 1 aliphatic rings. The summed E-state index contributed by atoms with van der Waals surface area (Å²) < 4.78 is 7.80. The normalized spacial score (nSPS) is 17.8. The number of para-hydroxylation sites is 1. The Morgan fingerprint density at radius 2 is 2.07 bits per heavy atom. The Bertz CT molecular complexity index is 1040. The van der Waals surface area contributed by atoms with Crippen molar-refractivity contribution in [1.29, 1.82) is 0 Å². The van der Waals surface area contributed by atoms with Crippen LogP contribution >= 0.6 is 0 Å². The van der Waals surface area contributed by atoms with Gasteiger partial charge in [0.2, 0.25) is 0 Å². The molecule has 0 bridgehead atoms. The summed E-state index contributed by atoms with van der Waals surface area (Å²) in [5.41, 5.74) is 2.24. The number of hydrogen-bond donors (Lipinski definition) is 1. The van der Waals surface area contributed by atoms with Gasteiger partial charge in [0.15, 0.2) is 0 Å². The second kappa shape index (κ2) is 7.63. The molecule has 2 aromatic heterocycles. The van der Waals surface area contributed by atoms with Gasteiger partial charge in [0.25, 0.3) is 0 Å². The van der Waals surface area contributed by atoms with E-state index in [4.69, 9.17) is 9.72 Å². The molecule has 3 heterocycles. The predicted octanol–water partition coefficient (Wildman–Crippen LogP) is 3.69. The van der Waals surface area contributed by atoms with E-state index >= 15 is 0 Å². The number of likely N-dealkylation sites (tertiary alicyclic amines) is 1. The molecule has 1 amide bonds. The third kappa shape index (κ3) is 3.92. The number of piperidine rings is 1. The van der Waals surface area contributed by atoms with E-state index in [1.165, 1.54) is 0 Å². The van der Waals surface area contributed by atoms with Gasteiger partial charge in [-0.05, 0) is 39.7 Å². The Kier molecular flexibility index (Phi) is 5.17. The first-order valence-corrected chi connectivity index (χ1v) is 10.2. The number of fused-ring (bicyclic) bond motifs is 3. The predicted molar refractivity (Wildman–Crippen MR) is 112 cm³/mol. The van der Waals surface area contributed by atoms with Crippen molar-refractivity contribution in [3.63, 3.8) is 0 Å². The number of aromatic nitrogens is 3. The van der Waals surface area contributed by atoms with E-state index in [1.807, 2.05) is 39.0 Å². The first-order valence-electron chi connectivity index (χ1n) is 10.2. The maximum Gasteiger partial charge on any atom is 0.410 e. The minimum atomic E-state index is -0.518. The average molecular weight is 396 g/mol. The Hall–Kier alpha value is -2.67. The molecule has 7 nitrogen and oxygen atoms in total. The fraction of sp³-hybridized carbons (Fsp3) is 0.500. The van der Waals surface area contributed by atoms with Gasteiger partial charge in [0.1, 0.15) is 16.9 Å². The first kappa shape index (κ1) is 19.6. The molecule has 0 saturated carbocycles. The van der Waals surface area contributed by atoms with Gasteiger partial charge in [-0.3, -0.25) is 4.98 Å². The molecule has 0 unspecified atom stereocenters. The Morgan fingerprint density at radius 1 is 1.28 bits per heavy atom. The number of aliphatic hydroxyl groups excluding tert-OH is 1. The summed E-state index contributed by atoms with van der Waals surface area (Å²) in [6.45, 7) is 6.93. The molecule has 0 spiro atoms. The van der Waals surface area contributed by atoms with Gasteiger partial charge < -0.3 is 19.3 Å². The third-order valence-electron chi connectivity index (χ3n) is 5.24. The van der Waals surface area contributed by atoms with Crippen molar-refractivity contribution in [3.05, 3.63) is 36.3 Å². The molecule has 154 valence electrons. The first-order chi connectivity index (χ1) is 13.9. The van der Waals surface area contributed by atoms with E-state index in [0.29, 0.717) is 19.5 Å². The van der Waals surface area contributed by atoms with E-state index in [0.717, 1.165) is 40.6 Å². The summed E-state index contributed by atoms with van der Waals surface area (Å²) in [6.07, 6.45) is 3.82. The number of benzene rings is 1. The lowest BCUT2D eigenvalue weighted by atomic mass is 10.0. The fourth-order valence-corrected chi connectivity index (χ4v) is 4.10. The second-order valence-corrected chi connectivity index (χ2v) is 8.60. The fourth-order valence-electron chi connectivity index (χ4n) is 4.10. The van der Waals surface area contributed by atoms with E-state index in [-0.39, 0.29) is 18.7 Å². The lowest BCUT2D eigenvalue weighted by Gasteiger charge is -2.35. The van der Waals surface area contributed by atoms with Crippen LogP contribution in [0.3, 0.4) is 0 Å². The standard InChI is InChI=1S/C22H28N4O3/c1-22(2,3)29-21(28)25-11-6-7-15(14-25)26-19(10-12-27)24-18-13-23-17-9-5-4-8-16(17)20(18)26/h4-5,8-9,13,15,27H,6-7,10-12,14H2,1-3H3/t15-/m1/s1. The smallest absolute Gasteiger partial charge is 0.410 e. The van der Waals surface area contributed by atoms with Crippen molar-refractivity contribution >= 4 is 28.0 Å². The average Bonchev–Trinajstić information content (AvgIpc) is 3.05. The number of carbonyl (C=O) groups is 1. The maximum atomic E-state index is 12.6. The zero-order chi connectivity index (χ0) is 20.6. The van der Waals surface area contributed by atoms with Crippen LogP contribution in [0.4, 0.5) is 4.79 Å². The number of rotatable bonds is 3. The van der Waals surface area contributed by atoms with Crippen LogP contribution in [0.25, 0.3) is 21.9 Å². The molecular weight excluding hydrogens is 368 g/mol. The van der Waals surface area contributed by atoms with Crippen molar-refractivity contribution in [2.75, 3.05) is 19.7 Å². The van der Waals surface area contributed by atoms with Crippen LogP contribution in [0.2, 0.25) is 0 Å². The van der Waals surface area contributed by atoms with Crippen molar-refractivity contribution in [3.8, 4) is 0 Å². The van der Waals surface area contributed by atoms with Crippen LogP contribution in [0, 0.1) is 0 Å². The van der Waals surface area contributed by atoms with Gasteiger partial charge in [-0.2, -0.15) is 0 Å². The Labute approximate surface area is 170 Å². The number of aliphatic hydroxyl groups is 1. The van der Waals surface area contributed by atoms with Crippen molar-refractivity contribution in [2.24, 2.45) is 0 Å². The van der Waals surface area contributed by atoms with Crippen LogP contribution in [-0.4, -0.2) is 55.9 Å². The molecule has 29 heavy (non-hydrogen) atoms. The summed E-state index contributed by atoms with van der Waals surface area (Å²) in [7, 11) is 0. The number of hydrogen-bond acceptors (Lipinski definition) is 5. The summed E-state index contributed by atoms with van der Waals surface area (Å²) >= 11 is 0. The van der Waals surface area contributed by atoms with Gasteiger partial charge in [-0.25, -0.2) is 9.78 Å². The number of amides is 1.